The number of ketones is 1. The average molecular weight is 664 g/mol. The molecule has 0 aromatic heterocycles. The predicted octanol–water partition coefficient (Wildman–Crippen LogP) is 9.81. The zero-order chi connectivity index (χ0) is 35.8. The molecule has 3 aromatic rings. The lowest BCUT2D eigenvalue weighted by atomic mass is 9.77. The smallest absolute Gasteiger partial charge is 0.209 e. The van der Waals surface area contributed by atoms with E-state index in [4.69, 9.17) is 6.57 Å². The van der Waals surface area contributed by atoms with Gasteiger partial charge in [-0.1, -0.05) is 107 Å². The van der Waals surface area contributed by atoms with E-state index in [2.05, 4.69) is 123 Å². The molecule has 6 rings (SSSR count). The topological polar surface area (TPSA) is 50.7 Å². The Hall–Kier alpha value is -4.95. The summed E-state index contributed by atoms with van der Waals surface area (Å²) in [6.45, 7) is 23.9. The molecule has 256 valence electrons. The molecule has 5 nitrogen and oxygen atoms in total. The minimum atomic E-state index is -0.416. The number of carbonyl (C=O) groups is 1. The number of hydrogen-bond donors (Lipinski definition) is 0. The normalized spacial score (nSPS) is 19.3. The van der Waals surface area contributed by atoms with Crippen molar-refractivity contribution in [3.8, 4) is 11.1 Å². The van der Waals surface area contributed by atoms with Crippen molar-refractivity contribution in [2.75, 3.05) is 18.0 Å². The van der Waals surface area contributed by atoms with Gasteiger partial charge < -0.3 is 10.0 Å². The molecule has 0 radical (unpaired) electrons. The molecule has 2 aliphatic heterocycles. The van der Waals surface area contributed by atoms with E-state index in [9.17, 15) is 9.90 Å². The number of Topliss-reactive ketones (excluding diaryl/α,β-unsaturated/α-hetero) is 1. The van der Waals surface area contributed by atoms with Crippen molar-refractivity contribution >= 4 is 28.9 Å². The second-order valence-electron chi connectivity index (χ2n) is 14.9. The Kier molecular flexibility index (Phi) is 9.60. The number of nitrogens with zero attached hydrogens (tertiary/aromatic N) is 3. The molecule has 0 fully saturated rings. The zero-order valence-corrected chi connectivity index (χ0v) is 30.7. The molecule has 3 aromatic carbocycles. The summed E-state index contributed by atoms with van der Waals surface area (Å²) in [6.07, 6.45) is 11.1. The van der Waals surface area contributed by atoms with Crippen molar-refractivity contribution in [3.05, 3.63) is 135 Å². The average Bonchev–Trinajstić information content (AvgIpc) is 3.45. The highest BCUT2D eigenvalue weighted by atomic mass is 16.3. The van der Waals surface area contributed by atoms with Gasteiger partial charge in [0.05, 0.1) is 12.0 Å². The fraction of sp³-hybridized carbons (Fsp3) is 0.356. The van der Waals surface area contributed by atoms with Crippen LogP contribution in [-0.2, 0) is 15.6 Å². The number of benzene rings is 3. The van der Waals surface area contributed by atoms with E-state index < -0.39 is 5.41 Å². The molecule has 5 heteroatoms. The van der Waals surface area contributed by atoms with Crippen LogP contribution >= 0.6 is 0 Å². The quantitative estimate of drug-likeness (QED) is 0.0888. The van der Waals surface area contributed by atoms with E-state index in [1.54, 1.807) is 0 Å². The van der Waals surface area contributed by atoms with Crippen LogP contribution in [0.15, 0.2) is 107 Å². The molecule has 0 bridgehead atoms. The van der Waals surface area contributed by atoms with Gasteiger partial charge in [-0.05, 0) is 67.7 Å². The first-order valence-electron chi connectivity index (χ1n) is 18.2. The lowest BCUT2D eigenvalue weighted by molar-refractivity contribution is -0.437. The Morgan fingerprint density at radius 2 is 1.60 bits per heavy atom. The summed E-state index contributed by atoms with van der Waals surface area (Å²) in [5, 5.41) is 13.9. The number of unbranched alkanes of at least 4 members (excludes halogenated alkanes) is 3. The van der Waals surface area contributed by atoms with E-state index >= 15 is 0 Å². The molecule has 0 amide bonds. The number of carbonyl (C=O) groups excluding carboxylic acids is 1. The van der Waals surface area contributed by atoms with Crippen molar-refractivity contribution in [2.24, 2.45) is 0 Å². The second kappa shape index (κ2) is 13.8. The summed E-state index contributed by atoms with van der Waals surface area (Å²) in [6, 6.07) is 23.3. The van der Waals surface area contributed by atoms with Gasteiger partial charge in [0.1, 0.15) is 6.54 Å². The predicted molar refractivity (Wildman–Crippen MR) is 204 cm³/mol. The number of fused-ring (bicyclic) bond motifs is 2. The van der Waals surface area contributed by atoms with Gasteiger partial charge in [-0.2, -0.15) is 4.58 Å². The van der Waals surface area contributed by atoms with Crippen LogP contribution in [0.1, 0.15) is 97.3 Å². The highest BCUT2D eigenvalue weighted by Gasteiger charge is 2.46. The first kappa shape index (κ1) is 34.9. The van der Waals surface area contributed by atoms with Crippen LogP contribution < -0.4 is 10.0 Å². The Labute approximate surface area is 298 Å². The second-order valence-corrected chi connectivity index (χ2v) is 14.9. The number of anilines is 1. The van der Waals surface area contributed by atoms with Gasteiger partial charge in [0, 0.05) is 58.6 Å². The maximum atomic E-state index is 13.9. The van der Waals surface area contributed by atoms with Gasteiger partial charge in [-0.3, -0.25) is 4.79 Å². The van der Waals surface area contributed by atoms with Crippen LogP contribution in [0.5, 0.6) is 0 Å². The molecule has 50 heavy (non-hydrogen) atoms. The molecule has 0 N–H and O–H groups in total. The van der Waals surface area contributed by atoms with E-state index in [0.29, 0.717) is 5.70 Å². The third-order valence-electron chi connectivity index (χ3n) is 10.7. The van der Waals surface area contributed by atoms with Crippen LogP contribution in [-0.4, -0.2) is 29.2 Å². The minimum absolute atomic E-state index is 0.167. The Balaban J connectivity index is 1.38. The minimum Gasteiger partial charge on any atom is -0.871 e. The van der Waals surface area contributed by atoms with Gasteiger partial charge >= 0.3 is 0 Å². The molecule has 1 aliphatic carbocycles. The maximum Gasteiger partial charge on any atom is 0.209 e. The van der Waals surface area contributed by atoms with Gasteiger partial charge in [-0.25, -0.2) is 4.85 Å². The Bertz CT molecular complexity index is 2040. The summed E-state index contributed by atoms with van der Waals surface area (Å²) >= 11 is 0. The highest BCUT2D eigenvalue weighted by Crippen LogP contribution is 2.50. The van der Waals surface area contributed by atoms with Crippen molar-refractivity contribution in [1.29, 1.82) is 0 Å². The van der Waals surface area contributed by atoms with Crippen LogP contribution in [0.4, 0.5) is 11.4 Å². The van der Waals surface area contributed by atoms with Crippen LogP contribution in [0.3, 0.4) is 0 Å². The molecule has 0 atom stereocenters. The third-order valence-corrected chi connectivity index (χ3v) is 10.7. The standard InChI is InChI=1S/C45H49N3O2/c1-9-11-12-15-25-48-39-23-22-33(32-20-18-31(19-21-32)26-30(3)46-8)27-37(39)45(6,7)41(48)29-35-42(49)34(43(35)50)28-40-44(4,5)36-16-13-14-17-38(36)47(40)24-10-2/h13-14,16-23,26-29H,9-12,15,24-25H2,1-7H3/b30-26-. The van der Waals surface area contributed by atoms with E-state index in [1.807, 2.05) is 25.2 Å². The first-order chi connectivity index (χ1) is 23.9. The summed E-state index contributed by atoms with van der Waals surface area (Å²) in [4.78, 5) is 19.8. The Morgan fingerprint density at radius 1 is 0.880 bits per heavy atom. The molecule has 0 spiro atoms. The van der Waals surface area contributed by atoms with E-state index in [-0.39, 0.29) is 28.1 Å². The molecule has 3 aliphatic rings. The van der Waals surface area contributed by atoms with E-state index in [0.717, 1.165) is 78.2 Å². The molecular weight excluding hydrogens is 615 g/mol. The monoisotopic (exact) mass is 663 g/mol. The first-order valence-corrected chi connectivity index (χ1v) is 18.2. The van der Waals surface area contributed by atoms with Crippen LogP contribution in [0.25, 0.3) is 22.0 Å². The fourth-order valence-corrected chi connectivity index (χ4v) is 7.83. The number of hydrogen-bond acceptors (Lipinski definition) is 3. The van der Waals surface area contributed by atoms with Crippen molar-refractivity contribution in [3.63, 3.8) is 0 Å². The fourth-order valence-electron chi connectivity index (χ4n) is 7.83. The maximum absolute atomic E-state index is 13.9. The summed E-state index contributed by atoms with van der Waals surface area (Å²) in [5.74, 6) is -0.335. The SMILES string of the molecule is [C-]#[N+]/C(C)=C\c1ccc(-c2ccc3c(c2)C(C)(C)C(=CC2=C([O-])C(=CC4=[N+](CCC)c5ccccc5C4(C)C)C2=O)N3CCCCCC)cc1. The lowest BCUT2D eigenvalue weighted by Gasteiger charge is -2.33. The summed E-state index contributed by atoms with van der Waals surface area (Å²) < 4.78 is 2.28. The zero-order valence-electron chi connectivity index (χ0n) is 30.7. The number of para-hydroxylation sites is 1. The van der Waals surface area contributed by atoms with Gasteiger partial charge in [0.25, 0.3) is 0 Å². The number of rotatable bonds is 11. The van der Waals surface area contributed by atoms with Crippen LogP contribution in [0.2, 0.25) is 0 Å². The summed E-state index contributed by atoms with van der Waals surface area (Å²) in [5.41, 5.74) is 10.4. The van der Waals surface area contributed by atoms with Gasteiger partial charge in [0.15, 0.2) is 17.2 Å². The van der Waals surface area contributed by atoms with Gasteiger partial charge in [-0.15, -0.1) is 0 Å². The van der Waals surface area contributed by atoms with Crippen LogP contribution in [0, 0.1) is 6.57 Å². The van der Waals surface area contributed by atoms with Crippen molar-refractivity contribution in [2.45, 2.75) is 91.4 Å². The molecule has 2 heterocycles. The number of allylic oxidation sites excluding steroid dienone is 6. The van der Waals surface area contributed by atoms with Gasteiger partial charge in [0.2, 0.25) is 5.69 Å². The lowest BCUT2D eigenvalue weighted by Crippen LogP contribution is -2.35. The molecular formula is C45H49N3O2. The molecule has 0 saturated heterocycles. The molecule has 0 unspecified atom stereocenters. The largest absolute Gasteiger partial charge is 0.871 e. The third kappa shape index (κ3) is 6.06. The summed E-state index contributed by atoms with van der Waals surface area (Å²) in [7, 11) is 0. The van der Waals surface area contributed by atoms with Crippen molar-refractivity contribution in [1.82, 2.24) is 0 Å². The molecule has 0 saturated carbocycles. The van der Waals surface area contributed by atoms with Crippen molar-refractivity contribution < 1.29 is 14.5 Å². The van der Waals surface area contributed by atoms with E-state index in [1.165, 1.54) is 17.5 Å². The Morgan fingerprint density at radius 3 is 2.28 bits per heavy atom. The highest BCUT2D eigenvalue weighted by molar-refractivity contribution is 6.24.